The third kappa shape index (κ3) is 4.98. The van der Waals surface area contributed by atoms with E-state index in [4.69, 9.17) is 16.0 Å². The first-order valence-electron chi connectivity index (χ1n) is 10.9. The number of hydrogen-bond acceptors (Lipinski definition) is 5. The van der Waals surface area contributed by atoms with Gasteiger partial charge in [-0.1, -0.05) is 54.9 Å². The normalized spacial score (nSPS) is 14.8. The van der Waals surface area contributed by atoms with Crippen LogP contribution in [0.5, 0.6) is 0 Å². The monoisotopic (exact) mass is 464 g/mol. The molecule has 4 rings (SSSR count). The number of benzene rings is 2. The van der Waals surface area contributed by atoms with E-state index in [1.807, 2.05) is 49.4 Å². The Bertz CT molecular complexity index is 1190. The highest BCUT2D eigenvalue weighted by atomic mass is 35.5. The number of halogens is 1. The fraction of sp³-hybridized carbons (Fsp3) is 0.280. The van der Waals surface area contributed by atoms with Gasteiger partial charge in [-0.2, -0.15) is 0 Å². The minimum Gasteiger partial charge on any atom is -0.419 e. The van der Waals surface area contributed by atoms with Crippen LogP contribution in [0.25, 0.3) is 17.5 Å². The first-order chi connectivity index (χ1) is 16.0. The average Bonchev–Trinajstić information content (AvgIpc) is 3.27. The first-order valence-corrected chi connectivity index (χ1v) is 11.3. The van der Waals surface area contributed by atoms with Gasteiger partial charge in [0.15, 0.2) is 0 Å². The lowest BCUT2D eigenvalue weighted by Gasteiger charge is -2.33. The quantitative estimate of drug-likeness (QED) is 0.486. The van der Waals surface area contributed by atoms with E-state index >= 15 is 0 Å². The molecule has 1 aliphatic rings. The van der Waals surface area contributed by atoms with Crippen molar-refractivity contribution >= 4 is 29.5 Å². The highest BCUT2D eigenvalue weighted by molar-refractivity contribution is 6.33. The molecule has 2 aromatic carbocycles. The third-order valence-corrected chi connectivity index (χ3v) is 5.91. The Labute approximate surface area is 197 Å². The molecule has 0 saturated heterocycles. The molecule has 2 amide bonds. The van der Waals surface area contributed by atoms with Crippen LogP contribution in [0.15, 0.2) is 59.1 Å². The standard InChI is InChI=1S/C25H25ClN4O3/c1-3-13-29(16-23-27-28-25(33-23)20-10-6-7-11-21(20)26)24(32)15-22-19-9-5-4-8-18(19)12-14-30(22)17(2)31/h4-12,14,22H,3,13,15-16H2,1-2H3. The van der Waals surface area contributed by atoms with Crippen molar-refractivity contribution in [3.63, 3.8) is 0 Å². The van der Waals surface area contributed by atoms with Crippen molar-refractivity contribution in [3.8, 4) is 11.5 Å². The van der Waals surface area contributed by atoms with Crippen LogP contribution in [-0.2, 0) is 16.1 Å². The number of amides is 2. The molecule has 1 unspecified atom stereocenters. The van der Waals surface area contributed by atoms with E-state index in [0.29, 0.717) is 28.9 Å². The van der Waals surface area contributed by atoms with E-state index < -0.39 is 0 Å². The minimum absolute atomic E-state index is 0.0873. The topological polar surface area (TPSA) is 79.5 Å². The van der Waals surface area contributed by atoms with E-state index in [2.05, 4.69) is 10.2 Å². The molecule has 170 valence electrons. The van der Waals surface area contributed by atoms with Gasteiger partial charge < -0.3 is 14.2 Å². The lowest BCUT2D eigenvalue weighted by molar-refractivity contribution is -0.135. The third-order valence-electron chi connectivity index (χ3n) is 5.58. The second-order valence-electron chi connectivity index (χ2n) is 7.89. The lowest BCUT2D eigenvalue weighted by Crippen LogP contribution is -2.37. The summed E-state index contributed by atoms with van der Waals surface area (Å²) in [6.07, 6.45) is 4.58. The summed E-state index contributed by atoms with van der Waals surface area (Å²) in [4.78, 5) is 28.9. The maximum atomic E-state index is 13.4. The van der Waals surface area contributed by atoms with Crippen LogP contribution >= 0.6 is 11.6 Å². The van der Waals surface area contributed by atoms with Crippen molar-refractivity contribution in [2.24, 2.45) is 0 Å². The molecule has 2 heterocycles. The van der Waals surface area contributed by atoms with E-state index in [9.17, 15) is 9.59 Å². The van der Waals surface area contributed by atoms with Crippen LogP contribution in [0, 0.1) is 0 Å². The minimum atomic E-state index is -0.364. The molecule has 0 fully saturated rings. The number of carbonyl (C=O) groups is 2. The highest BCUT2D eigenvalue weighted by Crippen LogP contribution is 2.33. The van der Waals surface area contributed by atoms with Crippen LogP contribution in [0.1, 0.15) is 49.7 Å². The van der Waals surface area contributed by atoms with E-state index in [1.54, 1.807) is 28.1 Å². The van der Waals surface area contributed by atoms with E-state index in [0.717, 1.165) is 17.5 Å². The van der Waals surface area contributed by atoms with Gasteiger partial charge in [0.25, 0.3) is 0 Å². The Morgan fingerprint density at radius 2 is 1.88 bits per heavy atom. The van der Waals surface area contributed by atoms with Gasteiger partial charge in [-0.15, -0.1) is 10.2 Å². The lowest BCUT2D eigenvalue weighted by atomic mass is 9.93. The van der Waals surface area contributed by atoms with Gasteiger partial charge in [0.2, 0.25) is 23.6 Å². The van der Waals surface area contributed by atoms with Crippen LogP contribution in [0.2, 0.25) is 5.02 Å². The zero-order valence-electron chi connectivity index (χ0n) is 18.6. The smallest absolute Gasteiger partial charge is 0.249 e. The summed E-state index contributed by atoms with van der Waals surface area (Å²) in [6, 6.07) is 14.7. The molecule has 3 aromatic rings. The van der Waals surface area contributed by atoms with Crippen molar-refractivity contribution in [1.29, 1.82) is 0 Å². The first kappa shape index (κ1) is 22.7. The van der Waals surface area contributed by atoms with Gasteiger partial charge in [-0.05, 0) is 35.8 Å². The Morgan fingerprint density at radius 3 is 2.64 bits per heavy atom. The molecule has 1 atom stereocenters. The molecular weight excluding hydrogens is 440 g/mol. The van der Waals surface area contributed by atoms with Crippen LogP contribution < -0.4 is 0 Å². The van der Waals surface area contributed by atoms with Crippen molar-refractivity contribution < 1.29 is 14.0 Å². The molecule has 1 aliphatic heterocycles. The van der Waals surface area contributed by atoms with Gasteiger partial charge in [0.1, 0.15) is 0 Å². The summed E-state index contributed by atoms with van der Waals surface area (Å²) in [5, 5.41) is 8.73. The fourth-order valence-electron chi connectivity index (χ4n) is 3.99. The molecule has 0 bridgehead atoms. The van der Waals surface area contributed by atoms with Crippen molar-refractivity contribution in [1.82, 2.24) is 20.0 Å². The summed E-state index contributed by atoms with van der Waals surface area (Å²) >= 11 is 6.23. The summed E-state index contributed by atoms with van der Waals surface area (Å²) in [6.45, 7) is 4.24. The predicted octanol–water partition coefficient (Wildman–Crippen LogP) is 5.09. The molecule has 0 spiro atoms. The zero-order valence-corrected chi connectivity index (χ0v) is 19.3. The maximum Gasteiger partial charge on any atom is 0.249 e. The molecular formula is C25H25ClN4O3. The average molecular weight is 465 g/mol. The second-order valence-corrected chi connectivity index (χ2v) is 8.29. The summed E-state index contributed by atoms with van der Waals surface area (Å²) in [7, 11) is 0. The van der Waals surface area contributed by atoms with Crippen LogP contribution in [0.4, 0.5) is 0 Å². The van der Waals surface area contributed by atoms with Crippen molar-refractivity contribution in [2.45, 2.75) is 39.3 Å². The molecule has 1 aromatic heterocycles. The Balaban J connectivity index is 1.54. The SMILES string of the molecule is CCCN(Cc1nnc(-c2ccccc2Cl)o1)C(=O)CC1c2ccccc2C=CN1C(C)=O. The fourth-order valence-corrected chi connectivity index (χ4v) is 4.21. The summed E-state index contributed by atoms with van der Waals surface area (Å²) in [5.74, 6) is 0.449. The molecule has 0 N–H and O–H groups in total. The Kier molecular flexibility index (Phi) is 6.89. The van der Waals surface area contributed by atoms with Gasteiger partial charge in [-0.25, -0.2) is 0 Å². The van der Waals surface area contributed by atoms with Crippen molar-refractivity contribution in [3.05, 3.63) is 76.8 Å². The van der Waals surface area contributed by atoms with Crippen LogP contribution in [-0.4, -0.2) is 38.4 Å². The van der Waals surface area contributed by atoms with Gasteiger partial charge >= 0.3 is 0 Å². The van der Waals surface area contributed by atoms with Gasteiger partial charge in [0, 0.05) is 19.7 Å². The molecule has 0 saturated carbocycles. The highest BCUT2D eigenvalue weighted by Gasteiger charge is 2.30. The molecule has 8 heteroatoms. The van der Waals surface area contributed by atoms with E-state index in [1.165, 1.54) is 6.92 Å². The predicted molar refractivity (Wildman–Crippen MR) is 126 cm³/mol. The Hall–Kier alpha value is -3.45. The maximum absolute atomic E-state index is 13.4. The van der Waals surface area contributed by atoms with E-state index in [-0.39, 0.29) is 30.8 Å². The number of fused-ring (bicyclic) bond motifs is 1. The number of nitrogens with zero attached hydrogens (tertiary/aromatic N) is 4. The number of rotatable bonds is 7. The summed E-state index contributed by atoms with van der Waals surface area (Å²) < 4.78 is 5.81. The van der Waals surface area contributed by atoms with Crippen LogP contribution in [0.3, 0.4) is 0 Å². The van der Waals surface area contributed by atoms with Crippen molar-refractivity contribution in [2.75, 3.05) is 6.54 Å². The molecule has 33 heavy (non-hydrogen) atoms. The molecule has 7 nitrogen and oxygen atoms in total. The zero-order chi connectivity index (χ0) is 23.4. The van der Waals surface area contributed by atoms with Gasteiger partial charge in [0.05, 0.1) is 29.6 Å². The molecule has 0 aliphatic carbocycles. The number of hydrogen-bond donors (Lipinski definition) is 0. The molecule has 0 radical (unpaired) electrons. The van der Waals surface area contributed by atoms with Gasteiger partial charge in [-0.3, -0.25) is 9.59 Å². The second kappa shape index (κ2) is 10.0. The summed E-state index contributed by atoms with van der Waals surface area (Å²) in [5.41, 5.74) is 2.61. The number of carbonyl (C=O) groups excluding carboxylic acids is 2. The Morgan fingerprint density at radius 1 is 1.12 bits per heavy atom. The number of aromatic nitrogens is 2. The largest absolute Gasteiger partial charge is 0.419 e.